The van der Waals surface area contributed by atoms with Crippen LogP contribution < -0.4 is 15.8 Å². The van der Waals surface area contributed by atoms with Gasteiger partial charge in [-0.2, -0.15) is 13.2 Å². The fourth-order valence-electron chi connectivity index (χ4n) is 5.74. The van der Waals surface area contributed by atoms with Crippen molar-refractivity contribution in [2.45, 2.75) is 25.2 Å². The quantitative estimate of drug-likeness (QED) is 0.394. The Balaban J connectivity index is 1.49. The van der Waals surface area contributed by atoms with Gasteiger partial charge in [-0.3, -0.25) is 14.5 Å². The van der Waals surface area contributed by atoms with Crippen LogP contribution in [0.2, 0.25) is 0 Å². The number of H-pyrrole nitrogens is 1. The molecule has 8 nitrogen and oxygen atoms in total. The third-order valence-corrected chi connectivity index (χ3v) is 8.29. The van der Waals surface area contributed by atoms with Crippen LogP contribution in [0.1, 0.15) is 27.9 Å². The molecule has 0 radical (unpaired) electrons. The van der Waals surface area contributed by atoms with Gasteiger partial charge in [-0.15, -0.1) is 0 Å². The van der Waals surface area contributed by atoms with Crippen LogP contribution in [0, 0.1) is 5.82 Å². The van der Waals surface area contributed by atoms with Crippen LogP contribution in [0.15, 0.2) is 53.5 Å². The average molecular weight is 601 g/mol. The van der Waals surface area contributed by atoms with Crippen molar-refractivity contribution < 1.29 is 22.4 Å². The number of piperazine rings is 1. The minimum absolute atomic E-state index is 0.254. The highest BCUT2D eigenvalue weighted by molar-refractivity contribution is 6.07. The van der Waals surface area contributed by atoms with Crippen LogP contribution in [0.4, 0.5) is 28.9 Å². The molecule has 5 rings (SSSR count). The third-order valence-electron chi connectivity index (χ3n) is 8.29. The molecular formula is C31H36F4N6O2. The molecule has 2 aromatic carbocycles. The Labute approximate surface area is 247 Å². The number of carbonyl (C=O) groups is 1. The van der Waals surface area contributed by atoms with Gasteiger partial charge in [0, 0.05) is 69.7 Å². The lowest BCUT2D eigenvalue weighted by atomic mass is 10.00. The number of rotatable bonds is 7. The van der Waals surface area contributed by atoms with Crippen molar-refractivity contribution in [1.82, 2.24) is 19.7 Å². The summed E-state index contributed by atoms with van der Waals surface area (Å²) < 4.78 is 56.4. The van der Waals surface area contributed by atoms with E-state index < -0.39 is 34.6 Å². The molecule has 230 valence electrons. The van der Waals surface area contributed by atoms with Crippen molar-refractivity contribution in [2.24, 2.45) is 0 Å². The van der Waals surface area contributed by atoms with Gasteiger partial charge in [0.15, 0.2) is 0 Å². The van der Waals surface area contributed by atoms with Crippen molar-refractivity contribution in [3.63, 3.8) is 0 Å². The van der Waals surface area contributed by atoms with Crippen LogP contribution in [-0.2, 0) is 12.7 Å². The molecule has 1 aromatic heterocycles. The molecule has 0 aliphatic carbocycles. The lowest BCUT2D eigenvalue weighted by Gasteiger charge is -2.35. The molecule has 0 spiro atoms. The van der Waals surface area contributed by atoms with E-state index in [1.807, 2.05) is 11.9 Å². The number of likely N-dealkylation sites (N-methyl/N-ethyl adjacent to an activating group) is 2. The van der Waals surface area contributed by atoms with Gasteiger partial charge in [-0.1, -0.05) is 12.1 Å². The fourth-order valence-corrected chi connectivity index (χ4v) is 5.74. The highest BCUT2D eigenvalue weighted by atomic mass is 19.4. The number of halogens is 4. The molecule has 2 aliphatic heterocycles. The zero-order valence-electron chi connectivity index (χ0n) is 24.5. The van der Waals surface area contributed by atoms with E-state index in [0.717, 1.165) is 44.4 Å². The number of hydrogen-bond acceptors (Lipinski definition) is 6. The maximum absolute atomic E-state index is 15.2. The molecule has 2 aliphatic rings. The van der Waals surface area contributed by atoms with E-state index in [9.17, 15) is 22.8 Å². The molecule has 3 aromatic rings. The summed E-state index contributed by atoms with van der Waals surface area (Å²) in [5.74, 6) is -1.48. The summed E-state index contributed by atoms with van der Waals surface area (Å²) in [6, 6.07) is 10.9. The van der Waals surface area contributed by atoms with E-state index in [-0.39, 0.29) is 5.69 Å². The maximum Gasteiger partial charge on any atom is 0.417 e. The lowest BCUT2D eigenvalue weighted by Crippen LogP contribution is -2.44. The second-order valence-corrected chi connectivity index (χ2v) is 11.6. The fraction of sp³-hybridized carbons (Fsp3) is 0.419. The highest BCUT2D eigenvalue weighted by Gasteiger charge is 2.36. The van der Waals surface area contributed by atoms with E-state index in [0.29, 0.717) is 48.6 Å². The Morgan fingerprint density at radius 1 is 1.05 bits per heavy atom. The number of alkyl halides is 3. The Bertz CT molecular complexity index is 1530. The van der Waals surface area contributed by atoms with Crippen molar-refractivity contribution in [3.8, 4) is 11.1 Å². The van der Waals surface area contributed by atoms with Gasteiger partial charge in [0.05, 0.1) is 22.5 Å². The van der Waals surface area contributed by atoms with Gasteiger partial charge >= 0.3 is 6.18 Å². The van der Waals surface area contributed by atoms with Gasteiger partial charge in [0.1, 0.15) is 5.82 Å². The number of nitrogens with zero attached hydrogens (tertiary/aromatic N) is 4. The molecule has 3 heterocycles. The standard InChI is InChI=1S/C31H36F4N6O2/c1-38(2)22-8-9-40(19-22)18-20-4-6-26(32)23(14-20)21-5-7-28(41-12-10-39(3)11-13-41)27(15-21)37-30(43)24-17-36-29(42)16-25(24)31(33,34)35/h4-7,14-17,22H,8-13,18-19H2,1-3H3,(H,36,42)(H,37,43)/t22-/m1/s1. The molecule has 43 heavy (non-hydrogen) atoms. The minimum atomic E-state index is -4.91. The van der Waals surface area contributed by atoms with Gasteiger partial charge in [0.25, 0.3) is 5.91 Å². The third kappa shape index (κ3) is 7.09. The SMILES string of the molecule is CN1CCN(c2ccc(-c3cc(CN4CC[C@@H](N(C)C)C4)ccc3F)cc2NC(=O)c2c[nH]c(=O)cc2C(F)(F)F)CC1. The summed E-state index contributed by atoms with van der Waals surface area (Å²) in [7, 11) is 6.12. The summed E-state index contributed by atoms with van der Waals surface area (Å²) in [4.78, 5) is 35.8. The summed E-state index contributed by atoms with van der Waals surface area (Å²) in [6.07, 6.45) is -3.08. The van der Waals surface area contributed by atoms with E-state index in [1.54, 1.807) is 30.3 Å². The number of anilines is 2. The maximum atomic E-state index is 15.2. The summed E-state index contributed by atoms with van der Waals surface area (Å²) >= 11 is 0. The molecule has 1 amide bonds. The number of benzene rings is 2. The first kappa shape index (κ1) is 30.7. The first-order chi connectivity index (χ1) is 20.4. The summed E-state index contributed by atoms with van der Waals surface area (Å²) in [5, 5.41) is 2.63. The molecule has 0 saturated carbocycles. The van der Waals surface area contributed by atoms with E-state index in [2.05, 4.69) is 39.1 Å². The molecule has 2 fully saturated rings. The van der Waals surface area contributed by atoms with Crippen molar-refractivity contribution in [3.05, 3.63) is 81.5 Å². The first-order valence-corrected chi connectivity index (χ1v) is 14.3. The highest BCUT2D eigenvalue weighted by Crippen LogP contribution is 2.36. The second-order valence-electron chi connectivity index (χ2n) is 11.6. The molecular weight excluding hydrogens is 564 g/mol. The number of pyridine rings is 1. The van der Waals surface area contributed by atoms with Crippen molar-refractivity contribution >= 4 is 17.3 Å². The molecule has 2 N–H and O–H groups in total. The smallest absolute Gasteiger partial charge is 0.367 e. The summed E-state index contributed by atoms with van der Waals surface area (Å²) in [6.45, 7) is 5.31. The monoisotopic (exact) mass is 600 g/mol. The Kier molecular flexibility index (Phi) is 8.91. The Morgan fingerprint density at radius 2 is 1.79 bits per heavy atom. The lowest BCUT2D eigenvalue weighted by molar-refractivity contribution is -0.138. The topological polar surface area (TPSA) is 74.9 Å². The second kappa shape index (κ2) is 12.5. The Hall–Kier alpha value is -3.74. The normalized spacial score (nSPS) is 18.4. The van der Waals surface area contributed by atoms with E-state index in [4.69, 9.17) is 0 Å². The van der Waals surface area contributed by atoms with Gasteiger partial charge in [-0.05, 0) is 63.0 Å². The van der Waals surface area contributed by atoms with Gasteiger partial charge in [0.2, 0.25) is 5.56 Å². The minimum Gasteiger partial charge on any atom is -0.367 e. The van der Waals surface area contributed by atoms with Crippen LogP contribution in [0.3, 0.4) is 0 Å². The molecule has 0 unspecified atom stereocenters. The van der Waals surface area contributed by atoms with Crippen LogP contribution in [0.5, 0.6) is 0 Å². The van der Waals surface area contributed by atoms with Crippen LogP contribution >= 0.6 is 0 Å². The van der Waals surface area contributed by atoms with Crippen LogP contribution in [-0.4, -0.2) is 92.0 Å². The zero-order chi connectivity index (χ0) is 30.9. The largest absolute Gasteiger partial charge is 0.417 e. The number of aromatic nitrogens is 1. The molecule has 12 heteroatoms. The Morgan fingerprint density at radius 3 is 2.47 bits per heavy atom. The number of likely N-dealkylation sites (tertiary alicyclic amines) is 1. The van der Waals surface area contributed by atoms with Crippen LogP contribution in [0.25, 0.3) is 11.1 Å². The number of nitrogens with one attached hydrogen (secondary N) is 2. The predicted octanol–water partition coefficient (Wildman–Crippen LogP) is 4.34. The molecule has 0 bridgehead atoms. The zero-order valence-corrected chi connectivity index (χ0v) is 24.5. The first-order valence-electron chi connectivity index (χ1n) is 14.3. The number of amides is 1. The van der Waals surface area contributed by atoms with E-state index >= 15 is 4.39 Å². The van der Waals surface area contributed by atoms with E-state index in [1.165, 1.54) is 6.07 Å². The van der Waals surface area contributed by atoms with Crippen molar-refractivity contribution in [2.75, 3.05) is 70.6 Å². The average Bonchev–Trinajstić information content (AvgIpc) is 3.43. The predicted molar refractivity (Wildman–Crippen MR) is 159 cm³/mol. The van der Waals surface area contributed by atoms with Gasteiger partial charge < -0.3 is 25.0 Å². The number of carbonyl (C=O) groups excluding carboxylic acids is 1. The van der Waals surface area contributed by atoms with Crippen molar-refractivity contribution in [1.29, 1.82) is 0 Å². The van der Waals surface area contributed by atoms with Gasteiger partial charge in [-0.25, -0.2) is 4.39 Å². The molecule has 1 atom stereocenters. The summed E-state index contributed by atoms with van der Waals surface area (Å²) in [5.41, 5.74) is -0.381. The molecule has 2 saturated heterocycles. The number of aromatic amines is 1. The number of hydrogen-bond donors (Lipinski definition) is 2.